The lowest BCUT2D eigenvalue weighted by atomic mass is 9.46. The van der Waals surface area contributed by atoms with E-state index in [0.29, 0.717) is 19.3 Å². The van der Waals surface area contributed by atoms with E-state index >= 15 is 0 Å². The summed E-state index contributed by atoms with van der Waals surface area (Å²) in [4.78, 5) is 22.9. The number of hydrogen-bond donors (Lipinski definition) is 3. The minimum Gasteiger partial charge on any atom is -0.481 e. The Kier molecular flexibility index (Phi) is 5.39. The lowest BCUT2D eigenvalue weighted by Gasteiger charge is -2.57. The highest BCUT2D eigenvalue weighted by atomic mass is 16.4. The fourth-order valence-corrected chi connectivity index (χ4v) is 5.61. The highest BCUT2D eigenvalue weighted by Gasteiger charge is 2.57. The van der Waals surface area contributed by atoms with Crippen LogP contribution < -0.4 is 0 Å². The van der Waals surface area contributed by atoms with E-state index in [1.165, 1.54) is 0 Å². The van der Waals surface area contributed by atoms with Crippen LogP contribution >= 0.6 is 0 Å². The second-order valence-electron chi connectivity index (χ2n) is 8.99. The van der Waals surface area contributed by atoms with E-state index in [9.17, 15) is 19.8 Å². The van der Waals surface area contributed by atoms with Crippen LogP contribution in [0.15, 0.2) is 12.2 Å². The number of hydrogen-bond acceptors (Lipinski definition) is 3. The molecule has 0 radical (unpaired) electrons. The van der Waals surface area contributed by atoms with Crippen LogP contribution in [0.3, 0.4) is 0 Å². The summed E-state index contributed by atoms with van der Waals surface area (Å²) in [7, 11) is 0. The van der Waals surface area contributed by atoms with Gasteiger partial charge in [0.05, 0.1) is 17.4 Å². The molecule has 0 unspecified atom stereocenters. The van der Waals surface area contributed by atoms with Gasteiger partial charge in [0, 0.05) is 0 Å². The number of carboxylic acid groups (broad SMARTS) is 2. The highest BCUT2D eigenvalue weighted by Crippen LogP contribution is 2.62. The smallest absolute Gasteiger partial charge is 0.309 e. The third-order valence-corrected chi connectivity index (χ3v) is 7.01. The minimum atomic E-state index is -1.25. The molecule has 0 bridgehead atoms. The molecular formula is C20H32O5. The van der Waals surface area contributed by atoms with Crippen LogP contribution in [0.4, 0.5) is 0 Å². The lowest BCUT2D eigenvalue weighted by Crippen LogP contribution is -2.53. The van der Waals surface area contributed by atoms with Crippen molar-refractivity contribution in [1.29, 1.82) is 0 Å². The van der Waals surface area contributed by atoms with Crippen molar-refractivity contribution in [3.8, 4) is 0 Å². The van der Waals surface area contributed by atoms with Gasteiger partial charge in [-0.15, -0.1) is 0 Å². The first kappa shape index (κ1) is 20.0. The number of fused-ring (bicyclic) bond motifs is 1. The van der Waals surface area contributed by atoms with E-state index in [1.54, 1.807) is 6.92 Å². The summed E-state index contributed by atoms with van der Waals surface area (Å²) >= 11 is 0. The van der Waals surface area contributed by atoms with Gasteiger partial charge < -0.3 is 15.3 Å². The number of carboxylic acids is 2. The van der Waals surface area contributed by atoms with Crippen molar-refractivity contribution in [3.63, 3.8) is 0 Å². The average molecular weight is 352 g/mol. The molecule has 25 heavy (non-hydrogen) atoms. The third-order valence-electron chi connectivity index (χ3n) is 7.01. The van der Waals surface area contributed by atoms with Crippen LogP contribution in [-0.4, -0.2) is 32.9 Å². The molecule has 0 amide bonds. The predicted molar refractivity (Wildman–Crippen MR) is 95.2 cm³/mol. The summed E-state index contributed by atoms with van der Waals surface area (Å²) in [5.74, 6) is -1.50. The van der Waals surface area contributed by atoms with E-state index in [2.05, 4.69) is 13.5 Å². The molecule has 0 aromatic carbocycles. The van der Waals surface area contributed by atoms with Gasteiger partial charge in [0.25, 0.3) is 0 Å². The van der Waals surface area contributed by atoms with Crippen molar-refractivity contribution in [2.45, 2.75) is 77.7 Å². The Labute approximate surface area is 150 Å². The fourth-order valence-electron chi connectivity index (χ4n) is 5.61. The van der Waals surface area contributed by atoms with Crippen LogP contribution in [0.2, 0.25) is 0 Å². The van der Waals surface area contributed by atoms with E-state index < -0.39 is 23.0 Å². The zero-order valence-electron chi connectivity index (χ0n) is 15.7. The molecule has 5 nitrogen and oxygen atoms in total. The standard InChI is InChI=1S/C20H32O5/c1-13-6-7-15-19(3,9-5-10-20(15,4)17(23)24)14(13)8-11-18(2,25)12-16(21)22/h14-15,25H,1,5-12H2,2-4H3,(H,21,22)(H,23,24)/t14-,15+,18+,19+,20-/m0/s1. The first-order chi connectivity index (χ1) is 11.4. The number of aliphatic hydroxyl groups is 1. The molecular weight excluding hydrogens is 320 g/mol. The van der Waals surface area contributed by atoms with Gasteiger partial charge in [0.2, 0.25) is 0 Å². The fraction of sp³-hybridized carbons (Fsp3) is 0.800. The summed E-state index contributed by atoms with van der Waals surface area (Å²) in [6.07, 6.45) is 4.97. The van der Waals surface area contributed by atoms with E-state index in [1.807, 2.05) is 6.92 Å². The molecule has 5 heteroatoms. The molecule has 0 aromatic heterocycles. The summed E-state index contributed by atoms with van der Waals surface area (Å²) < 4.78 is 0. The Bertz CT molecular complexity index is 566. The number of aliphatic carboxylic acids is 2. The molecule has 2 saturated carbocycles. The van der Waals surface area contributed by atoms with Gasteiger partial charge in [0.1, 0.15) is 0 Å². The molecule has 142 valence electrons. The molecule has 5 atom stereocenters. The first-order valence-electron chi connectivity index (χ1n) is 9.28. The molecule has 2 rings (SSSR count). The third kappa shape index (κ3) is 3.76. The average Bonchev–Trinajstić information content (AvgIpc) is 2.44. The van der Waals surface area contributed by atoms with Gasteiger partial charge in [-0.25, -0.2) is 0 Å². The lowest BCUT2D eigenvalue weighted by molar-refractivity contribution is -0.164. The summed E-state index contributed by atoms with van der Waals surface area (Å²) in [6.45, 7) is 9.86. The molecule has 3 N–H and O–H groups in total. The topological polar surface area (TPSA) is 94.8 Å². The maximum atomic E-state index is 12.0. The number of carbonyl (C=O) groups is 2. The SMILES string of the molecule is C=C1CC[C@@H]2[C@](C)(CCC[C@]2(C)C(=O)O)[C@H]1CC[C@@](C)(O)CC(=O)O. The zero-order chi connectivity index (χ0) is 19.0. The summed E-state index contributed by atoms with van der Waals surface area (Å²) in [6, 6.07) is 0. The molecule has 2 aliphatic rings. The van der Waals surface area contributed by atoms with Crippen LogP contribution in [-0.2, 0) is 9.59 Å². The van der Waals surface area contributed by atoms with Gasteiger partial charge in [0.15, 0.2) is 0 Å². The maximum absolute atomic E-state index is 12.0. The Morgan fingerprint density at radius 1 is 1.28 bits per heavy atom. The zero-order valence-corrected chi connectivity index (χ0v) is 15.7. The largest absolute Gasteiger partial charge is 0.481 e. The molecule has 2 aliphatic carbocycles. The van der Waals surface area contributed by atoms with Gasteiger partial charge in [-0.1, -0.05) is 25.5 Å². The minimum absolute atomic E-state index is 0.0890. The molecule has 2 fully saturated rings. The molecule has 0 aliphatic heterocycles. The van der Waals surface area contributed by atoms with Crippen molar-refractivity contribution < 1.29 is 24.9 Å². The molecule has 0 saturated heterocycles. The molecule has 0 spiro atoms. The predicted octanol–water partition coefficient (Wildman–Crippen LogP) is 3.86. The number of rotatable bonds is 6. The molecule has 0 heterocycles. The van der Waals surface area contributed by atoms with Crippen molar-refractivity contribution in [2.75, 3.05) is 0 Å². The normalized spacial score (nSPS) is 37.8. The number of allylic oxidation sites excluding steroid dienone is 1. The quantitative estimate of drug-likeness (QED) is 0.631. The second kappa shape index (κ2) is 6.75. The van der Waals surface area contributed by atoms with Gasteiger partial charge in [-0.3, -0.25) is 9.59 Å². The van der Waals surface area contributed by atoms with Gasteiger partial charge in [-0.05, 0) is 69.6 Å². The summed E-state index contributed by atoms with van der Waals surface area (Å²) in [5, 5.41) is 29.2. The maximum Gasteiger partial charge on any atom is 0.309 e. The van der Waals surface area contributed by atoms with Crippen LogP contribution in [0, 0.1) is 22.7 Å². The van der Waals surface area contributed by atoms with Crippen molar-refractivity contribution in [2.24, 2.45) is 22.7 Å². The van der Waals surface area contributed by atoms with Crippen LogP contribution in [0.5, 0.6) is 0 Å². The van der Waals surface area contributed by atoms with Gasteiger partial charge >= 0.3 is 11.9 Å². The summed E-state index contributed by atoms with van der Waals surface area (Å²) in [5.41, 5.74) is -0.991. The Morgan fingerprint density at radius 2 is 1.92 bits per heavy atom. The first-order valence-corrected chi connectivity index (χ1v) is 9.28. The molecule has 0 aromatic rings. The Morgan fingerprint density at radius 3 is 2.48 bits per heavy atom. The van der Waals surface area contributed by atoms with E-state index in [4.69, 9.17) is 5.11 Å². The van der Waals surface area contributed by atoms with Gasteiger partial charge in [-0.2, -0.15) is 0 Å². The van der Waals surface area contributed by atoms with Crippen LogP contribution in [0.1, 0.15) is 72.1 Å². The van der Waals surface area contributed by atoms with Crippen molar-refractivity contribution in [1.82, 2.24) is 0 Å². The van der Waals surface area contributed by atoms with E-state index in [0.717, 1.165) is 31.3 Å². The Balaban J connectivity index is 2.23. The van der Waals surface area contributed by atoms with Crippen molar-refractivity contribution >= 4 is 11.9 Å². The van der Waals surface area contributed by atoms with Crippen molar-refractivity contribution in [3.05, 3.63) is 12.2 Å². The highest BCUT2D eigenvalue weighted by molar-refractivity contribution is 5.75. The monoisotopic (exact) mass is 352 g/mol. The van der Waals surface area contributed by atoms with E-state index in [-0.39, 0.29) is 23.7 Å². The second-order valence-corrected chi connectivity index (χ2v) is 8.99. The Hall–Kier alpha value is -1.36. The van der Waals surface area contributed by atoms with Crippen LogP contribution in [0.25, 0.3) is 0 Å².